The van der Waals surface area contributed by atoms with E-state index in [0.717, 1.165) is 17.0 Å². The summed E-state index contributed by atoms with van der Waals surface area (Å²) in [6.07, 6.45) is 4.40. The number of amides is 5. The zero-order valence-electron chi connectivity index (χ0n) is 43.0. The Bertz CT molecular complexity index is 1920. The van der Waals surface area contributed by atoms with Gasteiger partial charge >= 0.3 is 5.97 Å². The number of likely N-dealkylation sites (N-methyl/N-ethyl adjacent to an activating group) is 2. The molecule has 70 heavy (non-hydrogen) atoms. The van der Waals surface area contributed by atoms with Crippen molar-refractivity contribution in [3.8, 4) is 0 Å². The molecule has 1 aromatic heterocycles. The summed E-state index contributed by atoms with van der Waals surface area (Å²) in [4.78, 5) is 91.0. The zero-order valence-corrected chi connectivity index (χ0v) is 43.8. The van der Waals surface area contributed by atoms with Crippen LogP contribution in [0.2, 0.25) is 0 Å². The Morgan fingerprint density at radius 2 is 1.57 bits per heavy atom. The average molecular weight is 1000 g/mol. The quantitative estimate of drug-likeness (QED) is 0.0936. The second kappa shape index (κ2) is 29.7. The Labute approximate surface area is 419 Å². The third-order valence-electron chi connectivity index (χ3n) is 14.1. The van der Waals surface area contributed by atoms with E-state index < -0.39 is 42.1 Å². The van der Waals surface area contributed by atoms with Crippen LogP contribution in [-0.2, 0) is 54.1 Å². The number of hydrogen-bond donors (Lipinski definition) is 3. The first-order valence-electron chi connectivity index (χ1n) is 25.0. The van der Waals surface area contributed by atoms with Gasteiger partial charge in [-0.05, 0) is 56.6 Å². The van der Waals surface area contributed by atoms with Gasteiger partial charge in [-0.25, -0.2) is 4.98 Å². The summed E-state index contributed by atoms with van der Waals surface area (Å²) >= 11 is 1.49. The highest BCUT2D eigenvalue weighted by atomic mass is 32.1. The summed E-state index contributed by atoms with van der Waals surface area (Å²) in [5, 5.41) is 18.0. The molecule has 392 valence electrons. The summed E-state index contributed by atoms with van der Waals surface area (Å²) < 4.78 is 23.4. The Kier molecular flexibility index (Phi) is 24.6. The van der Waals surface area contributed by atoms with Crippen LogP contribution in [0.5, 0.6) is 0 Å². The van der Waals surface area contributed by atoms with Crippen molar-refractivity contribution in [3.63, 3.8) is 0 Å². The van der Waals surface area contributed by atoms with Crippen molar-refractivity contribution in [2.75, 3.05) is 87.5 Å². The number of hydrogen-bond acceptors (Lipinski definition) is 13. The van der Waals surface area contributed by atoms with E-state index in [1.807, 2.05) is 87.2 Å². The molecule has 8 atom stereocenters. The number of likely N-dealkylation sites (tertiary alicyclic amines) is 2. The van der Waals surface area contributed by atoms with Crippen LogP contribution in [0.3, 0.4) is 0 Å². The highest BCUT2D eigenvalue weighted by molar-refractivity contribution is 7.09. The number of nitrogens with one attached hydrogen (secondary N) is 2. The van der Waals surface area contributed by atoms with Crippen molar-refractivity contribution < 1.29 is 52.8 Å². The number of thiazole rings is 1. The lowest BCUT2D eigenvalue weighted by molar-refractivity contribution is -0.146. The van der Waals surface area contributed by atoms with Gasteiger partial charge < -0.3 is 49.4 Å². The van der Waals surface area contributed by atoms with Crippen molar-refractivity contribution in [2.24, 2.45) is 23.7 Å². The van der Waals surface area contributed by atoms with Crippen molar-refractivity contribution in [3.05, 3.63) is 52.5 Å². The minimum Gasteiger partial charge on any atom is -0.481 e. The van der Waals surface area contributed by atoms with Crippen molar-refractivity contribution in [1.82, 2.24) is 35.2 Å². The molecule has 5 amide bonds. The molecule has 2 aliphatic heterocycles. The topological polar surface area (TPSA) is 209 Å². The van der Waals surface area contributed by atoms with E-state index in [4.69, 9.17) is 18.9 Å². The van der Waals surface area contributed by atoms with E-state index in [1.165, 1.54) is 11.3 Å². The number of benzene rings is 1. The van der Waals surface area contributed by atoms with Gasteiger partial charge in [-0.15, -0.1) is 11.3 Å². The second-order valence-electron chi connectivity index (χ2n) is 19.1. The van der Waals surface area contributed by atoms with E-state index in [-0.39, 0.29) is 79.4 Å². The first kappa shape index (κ1) is 58.0. The summed E-state index contributed by atoms with van der Waals surface area (Å²) in [6, 6.07) is 8.28. The molecule has 2 saturated heterocycles. The van der Waals surface area contributed by atoms with Crippen LogP contribution in [-0.4, -0.2) is 183 Å². The molecular weight excluding hydrogens is 919 g/mol. The molecule has 3 N–H and O–H groups in total. The van der Waals surface area contributed by atoms with Gasteiger partial charge in [-0.3, -0.25) is 33.7 Å². The van der Waals surface area contributed by atoms with E-state index in [2.05, 4.69) is 15.6 Å². The number of ether oxygens (including phenoxy) is 4. The molecular formula is C51H81N7O11S. The Morgan fingerprint density at radius 1 is 0.886 bits per heavy atom. The number of aliphatic carboxylic acids is 1. The summed E-state index contributed by atoms with van der Waals surface area (Å²) in [7, 11) is 6.66. The number of rotatable bonds is 30. The Balaban J connectivity index is 1.26. The fourth-order valence-electron chi connectivity index (χ4n) is 9.85. The monoisotopic (exact) mass is 1000 g/mol. The first-order chi connectivity index (χ1) is 33.5. The molecule has 0 radical (unpaired) electrons. The van der Waals surface area contributed by atoms with E-state index in [1.54, 1.807) is 37.3 Å². The number of carbonyl (C=O) groups is 6. The molecule has 18 nitrogen and oxygen atoms in total. The zero-order chi connectivity index (χ0) is 51.3. The van der Waals surface area contributed by atoms with Crippen LogP contribution in [0.1, 0.15) is 96.2 Å². The van der Waals surface area contributed by atoms with Gasteiger partial charge in [0.15, 0.2) is 0 Å². The minimum atomic E-state index is -0.811. The van der Waals surface area contributed by atoms with Crippen molar-refractivity contribution in [1.29, 1.82) is 0 Å². The normalized spacial score (nSPS) is 18.5. The predicted molar refractivity (Wildman–Crippen MR) is 267 cm³/mol. The second-order valence-corrected chi connectivity index (χ2v) is 20.0. The molecule has 0 spiro atoms. The Morgan fingerprint density at radius 3 is 2.17 bits per heavy atom. The largest absolute Gasteiger partial charge is 0.481 e. The molecule has 2 fully saturated rings. The maximum absolute atomic E-state index is 14.3. The standard InChI is InChI=1S/C51H81N7O11S/c1-10-35(4)46(56(7)44(61)33-53-49(63)45(34(2)3)55(6)25-27-69-29-28-68-26-20-42(59)57-23-18-38(19-24-57)51(64)65)41(66-8)32-43(60)58-22-14-17-40(58)47(67-9)36(5)48(62)54-39(50-52-21-30-70-50)31-37-15-12-11-13-16-37/h11-13,15-16,21,30,34-36,38-41,45-47H,10,14,17-20,22-29,31-33H2,1-9H3,(H,53,63)(H,54,62)(H,64,65). The minimum absolute atomic E-state index is 0.0108. The van der Waals surface area contributed by atoms with Gasteiger partial charge in [-0.1, -0.05) is 71.4 Å². The van der Waals surface area contributed by atoms with Crippen LogP contribution < -0.4 is 10.6 Å². The first-order valence-corrected chi connectivity index (χ1v) is 25.9. The lowest BCUT2D eigenvalue weighted by atomic mass is 9.90. The van der Waals surface area contributed by atoms with Gasteiger partial charge in [0.25, 0.3) is 0 Å². The van der Waals surface area contributed by atoms with Crippen molar-refractivity contribution >= 4 is 46.8 Å². The van der Waals surface area contributed by atoms with Gasteiger partial charge in [0.1, 0.15) is 5.01 Å². The van der Waals surface area contributed by atoms with Gasteiger partial charge in [0.05, 0.1) is 94.0 Å². The number of nitrogens with zero attached hydrogens (tertiary/aromatic N) is 5. The summed E-state index contributed by atoms with van der Waals surface area (Å²) in [5.74, 6) is -2.88. The van der Waals surface area contributed by atoms with Gasteiger partial charge in [0.2, 0.25) is 29.5 Å². The highest BCUT2D eigenvalue weighted by Crippen LogP contribution is 2.30. The molecule has 8 unspecified atom stereocenters. The molecule has 2 aromatic rings. The van der Waals surface area contributed by atoms with Crippen molar-refractivity contribution in [2.45, 2.75) is 122 Å². The van der Waals surface area contributed by atoms with Crippen LogP contribution in [0.25, 0.3) is 0 Å². The van der Waals surface area contributed by atoms with Crippen LogP contribution in [0.4, 0.5) is 0 Å². The number of aromatic nitrogens is 1. The summed E-state index contributed by atoms with van der Waals surface area (Å²) in [5.41, 5.74) is 1.08. The number of methoxy groups -OCH3 is 2. The smallest absolute Gasteiger partial charge is 0.306 e. The maximum atomic E-state index is 14.3. The highest BCUT2D eigenvalue weighted by Gasteiger charge is 2.42. The fraction of sp³-hybridized carbons (Fsp3) is 0.706. The van der Waals surface area contributed by atoms with E-state index >= 15 is 0 Å². The van der Waals surface area contributed by atoms with Crippen LogP contribution in [0, 0.1) is 23.7 Å². The number of carboxylic acid groups (broad SMARTS) is 1. The number of piperidine rings is 1. The molecule has 2 aliphatic rings. The third kappa shape index (κ3) is 17.1. The van der Waals surface area contributed by atoms with Crippen LogP contribution in [0.15, 0.2) is 41.9 Å². The molecule has 0 aliphatic carbocycles. The maximum Gasteiger partial charge on any atom is 0.306 e. The average Bonchev–Trinajstić information content (AvgIpc) is 4.08. The predicted octanol–water partition coefficient (Wildman–Crippen LogP) is 4.28. The fourth-order valence-corrected chi connectivity index (χ4v) is 10.5. The molecule has 0 bridgehead atoms. The van der Waals surface area contributed by atoms with Gasteiger partial charge in [-0.2, -0.15) is 0 Å². The molecule has 3 heterocycles. The van der Waals surface area contributed by atoms with E-state index in [9.17, 15) is 33.9 Å². The van der Waals surface area contributed by atoms with E-state index in [0.29, 0.717) is 78.1 Å². The number of carboxylic acids is 1. The molecule has 19 heteroatoms. The summed E-state index contributed by atoms with van der Waals surface area (Å²) in [6.45, 7) is 12.6. The van der Waals surface area contributed by atoms with Gasteiger partial charge in [0, 0.05) is 59.0 Å². The third-order valence-corrected chi connectivity index (χ3v) is 14.9. The number of carbonyl (C=O) groups excluding carboxylic acids is 5. The molecule has 0 saturated carbocycles. The Hall–Kier alpha value is -4.53. The SMILES string of the molecule is CCC(C)C(C(CC(=O)N1CCCC1C(OC)C(C)C(=O)NC(Cc1ccccc1)c1nccs1)OC)N(C)C(=O)CNC(=O)C(C(C)C)N(C)CCOCCOCCC(=O)N1CCC(C(=O)O)CC1. The lowest BCUT2D eigenvalue weighted by Crippen LogP contribution is -2.55. The molecule has 1 aromatic carbocycles. The van der Waals surface area contributed by atoms with Crippen LogP contribution >= 0.6 is 11.3 Å². The lowest BCUT2D eigenvalue weighted by Gasteiger charge is -2.39. The molecule has 4 rings (SSSR count).